The number of H-pyrrole nitrogens is 1. The molecule has 0 aliphatic carbocycles. The Labute approximate surface area is 142 Å². The molecule has 3 rings (SSSR count). The number of hydrogen-bond acceptors (Lipinski definition) is 4. The number of aromatic nitrogens is 1. The zero-order valence-corrected chi connectivity index (χ0v) is 13.6. The van der Waals surface area contributed by atoms with Gasteiger partial charge in [0.05, 0.1) is 25.5 Å². The molecule has 0 atom stereocenters. The number of anilines is 1. The molecule has 2 aromatic carbocycles. The number of halogens is 1. The monoisotopic (exact) mass is 342 g/mol. The zero-order valence-electron chi connectivity index (χ0n) is 13.6. The van der Waals surface area contributed by atoms with Gasteiger partial charge in [-0.05, 0) is 30.3 Å². The number of para-hydroxylation sites is 1. The van der Waals surface area contributed by atoms with Gasteiger partial charge >= 0.3 is 0 Å². The van der Waals surface area contributed by atoms with Crippen LogP contribution in [0.15, 0.2) is 42.6 Å². The van der Waals surface area contributed by atoms with Crippen LogP contribution >= 0.6 is 0 Å². The van der Waals surface area contributed by atoms with Crippen LogP contribution in [0.1, 0.15) is 10.4 Å². The summed E-state index contributed by atoms with van der Waals surface area (Å²) >= 11 is 0. The van der Waals surface area contributed by atoms with E-state index >= 15 is 0 Å². The molecule has 6 nitrogen and oxygen atoms in total. The number of aromatic amines is 1. The number of amides is 1. The van der Waals surface area contributed by atoms with Crippen LogP contribution in [0.4, 0.5) is 10.1 Å². The minimum absolute atomic E-state index is 0.161. The molecular weight excluding hydrogens is 327 g/mol. The largest absolute Gasteiger partial charge is 0.493 e. The lowest BCUT2D eigenvalue weighted by Gasteiger charge is -2.12. The van der Waals surface area contributed by atoms with Gasteiger partial charge in [-0.3, -0.25) is 9.59 Å². The molecule has 1 amide bonds. The van der Waals surface area contributed by atoms with Crippen molar-refractivity contribution in [2.45, 2.75) is 0 Å². The van der Waals surface area contributed by atoms with Crippen molar-refractivity contribution in [3.63, 3.8) is 0 Å². The Hall–Kier alpha value is -3.35. The number of carbonyl (C=O) groups is 2. The Bertz CT molecular complexity index is 965. The van der Waals surface area contributed by atoms with E-state index in [1.165, 1.54) is 38.6 Å². The Kier molecular flexibility index (Phi) is 4.38. The zero-order chi connectivity index (χ0) is 18.0. The maximum Gasteiger partial charge on any atom is 0.296 e. The van der Waals surface area contributed by atoms with Gasteiger partial charge in [0.1, 0.15) is 5.82 Å². The number of benzene rings is 2. The summed E-state index contributed by atoms with van der Waals surface area (Å²) in [5.41, 5.74) is 0.913. The maximum atomic E-state index is 13.2. The van der Waals surface area contributed by atoms with Crippen LogP contribution < -0.4 is 14.8 Å². The molecule has 3 aromatic rings. The van der Waals surface area contributed by atoms with E-state index in [1.807, 2.05) is 0 Å². The Morgan fingerprint density at radius 1 is 1.12 bits per heavy atom. The summed E-state index contributed by atoms with van der Waals surface area (Å²) in [5, 5.41) is 2.99. The first-order valence-corrected chi connectivity index (χ1v) is 7.38. The first kappa shape index (κ1) is 16.5. The van der Waals surface area contributed by atoms with Gasteiger partial charge in [0.2, 0.25) is 0 Å². The summed E-state index contributed by atoms with van der Waals surface area (Å²) in [5.74, 6) is -1.28. The molecule has 0 saturated heterocycles. The number of methoxy groups -OCH3 is 2. The van der Waals surface area contributed by atoms with Gasteiger partial charge in [0.15, 0.2) is 11.5 Å². The molecule has 0 saturated carbocycles. The molecule has 0 unspecified atom stereocenters. The smallest absolute Gasteiger partial charge is 0.296 e. The second kappa shape index (κ2) is 6.64. The van der Waals surface area contributed by atoms with Crippen LogP contribution in [0, 0.1) is 5.82 Å². The molecule has 0 bridgehead atoms. The molecule has 1 heterocycles. The van der Waals surface area contributed by atoms with Gasteiger partial charge in [-0.15, -0.1) is 0 Å². The highest BCUT2D eigenvalue weighted by Crippen LogP contribution is 2.34. The van der Waals surface area contributed by atoms with Crippen molar-refractivity contribution in [2.75, 3.05) is 19.5 Å². The average Bonchev–Trinajstić information content (AvgIpc) is 3.03. The van der Waals surface area contributed by atoms with Crippen molar-refractivity contribution >= 4 is 28.3 Å². The molecule has 0 radical (unpaired) electrons. The van der Waals surface area contributed by atoms with Crippen molar-refractivity contribution in [3.05, 3.63) is 54.0 Å². The van der Waals surface area contributed by atoms with E-state index in [0.29, 0.717) is 28.1 Å². The highest BCUT2D eigenvalue weighted by atomic mass is 19.1. The average molecular weight is 342 g/mol. The molecule has 0 aliphatic heterocycles. The lowest BCUT2D eigenvalue weighted by Crippen LogP contribution is -2.23. The van der Waals surface area contributed by atoms with Crippen molar-refractivity contribution in [2.24, 2.45) is 0 Å². The molecular formula is C18H15FN2O4. The molecule has 1 aromatic heterocycles. The van der Waals surface area contributed by atoms with Crippen LogP contribution in [0.5, 0.6) is 11.5 Å². The fourth-order valence-corrected chi connectivity index (χ4v) is 2.57. The number of ether oxygens (including phenoxy) is 2. The summed E-state index contributed by atoms with van der Waals surface area (Å²) in [6, 6.07) is 8.87. The van der Waals surface area contributed by atoms with E-state index in [-0.39, 0.29) is 5.56 Å². The van der Waals surface area contributed by atoms with Crippen molar-refractivity contribution in [1.29, 1.82) is 0 Å². The van der Waals surface area contributed by atoms with E-state index in [0.717, 1.165) is 0 Å². The van der Waals surface area contributed by atoms with E-state index in [1.54, 1.807) is 18.2 Å². The van der Waals surface area contributed by atoms with Crippen LogP contribution in [0.2, 0.25) is 0 Å². The minimum atomic E-state index is -0.836. The molecule has 0 spiro atoms. The Morgan fingerprint density at radius 2 is 1.92 bits per heavy atom. The number of fused-ring (bicyclic) bond motifs is 1. The number of ketones is 1. The van der Waals surface area contributed by atoms with Crippen molar-refractivity contribution < 1.29 is 23.5 Å². The number of rotatable bonds is 5. The highest BCUT2D eigenvalue weighted by Gasteiger charge is 2.22. The van der Waals surface area contributed by atoms with Gasteiger partial charge < -0.3 is 19.8 Å². The summed E-state index contributed by atoms with van der Waals surface area (Å²) < 4.78 is 23.6. The lowest BCUT2D eigenvalue weighted by molar-refractivity contribution is -0.112. The van der Waals surface area contributed by atoms with Crippen LogP contribution in [-0.4, -0.2) is 30.9 Å². The summed E-state index contributed by atoms with van der Waals surface area (Å²) in [6.45, 7) is 0. The highest BCUT2D eigenvalue weighted by molar-refractivity contribution is 6.48. The summed E-state index contributed by atoms with van der Waals surface area (Å²) in [6.07, 6.45) is 1.38. The van der Waals surface area contributed by atoms with E-state index in [2.05, 4.69) is 10.3 Å². The van der Waals surface area contributed by atoms with Crippen LogP contribution in [0.25, 0.3) is 10.9 Å². The van der Waals surface area contributed by atoms with E-state index in [4.69, 9.17) is 9.47 Å². The molecule has 128 valence electrons. The van der Waals surface area contributed by atoms with E-state index < -0.39 is 17.5 Å². The molecule has 2 N–H and O–H groups in total. The SMILES string of the molecule is COc1cccc(NC(=O)C(=O)c2c[nH]c3cc(F)ccc23)c1OC. The summed E-state index contributed by atoms with van der Waals surface area (Å²) in [7, 11) is 2.91. The normalized spacial score (nSPS) is 10.5. The minimum Gasteiger partial charge on any atom is -0.493 e. The first-order valence-electron chi connectivity index (χ1n) is 7.38. The van der Waals surface area contributed by atoms with Crippen LogP contribution in [-0.2, 0) is 4.79 Å². The third-order valence-corrected chi connectivity index (χ3v) is 3.75. The summed E-state index contributed by atoms with van der Waals surface area (Å²) in [4.78, 5) is 27.6. The quantitative estimate of drug-likeness (QED) is 0.551. The van der Waals surface area contributed by atoms with Crippen molar-refractivity contribution in [1.82, 2.24) is 4.98 Å². The lowest BCUT2D eigenvalue weighted by atomic mass is 10.1. The third kappa shape index (κ3) is 3.03. The Morgan fingerprint density at radius 3 is 2.64 bits per heavy atom. The maximum absolute atomic E-state index is 13.2. The molecule has 0 aliphatic rings. The van der Waals surface area contributed by atoms with Gasteiger partial charge in [0, 0.05) is 17.1 Å². The predicted octanol–water partition coefficient (Wildman–Crippen LogP) is 3.15. The Balaban J connectivity index is 1.89. The molecule has 0 fully saturated rings. The number of Topliss-reactive ketones (excluding diaryl/α,β-unsaturated/α-hetero) is 1. The molecule has 25 heavy (non-hydrogen) atoms. The van der Waals surface area contributed by atoms with Gasteiger partial charge in [0.25, 0.3) is 11.7 Å². The fraction of sp³-hybridized carbons (Fsp3) is 0.111. The van der Waals surface area contributed by atoms with Gasteiger partial charge in [-0.1, -0.05) is 6.07 Å². The predicted molar refractivity (Wildman–Crippen MR) is 90.8 cm³/mol. The number of carbonyl (C=O) groups excluding carboxylic acids is 2. The first-order chi connectivity index (χ1) is 12.0. The second-order valence-corrected chi connectivity index (χ2v) is 5.22. The number of nitrogens with one attached hydrogen (secondary N) is 2. The topological polar surface area (TPSA) is 80.4 Å². The van der Waals surface area contributed by atoms with Gasteiger partial charge in [-0.2, -0.15) is 0 Å². The number of hydrogen-bond donors (Lipinski definition) is 2. The standard InChI is InChI=1S/C18H15FN2O4/c1-24-15-5-3-4-13(17(15)25-2)21-18(23)16(22)12-9-20-14-8-10(19)6-7-11(12)14/h3-9,20H,1-2H3,(H,21,23). The van der Waals surface area contributed by atoms with Gasteiger partial charge in [-0.25, -0.2) is 4.39 Å². The third-order valence-electron chi connectivity index (χ3n) is 3.75. The van der Waals surface area contributed by atoms with E-state index in [9.17, 15) is 14.0 Å². The molecule has 7 heteroatoms. The fourth-order valence-electron chi connectivity index (χ4n) is 2.57. The second-order valence-electron chi connectivity index (χ2n) is 5.22. The van der Waals surface area contributed by atoms with Crippen LogP contribution in [0.3, 0.4) is 0 Å². The van der Waals surface area contributed by atoms with Crippen molar-refractivity contribution in [3.8, 4) is 11.5 Å².